The fourth-order valence-corrected chi connectivity index (χ4v) is 1.93. The van der Waals surface area contributed by atoms with Gasteiger partial charge in [-0.1, -0.05) is 12.8 Å². The van der Waals surface area contributed by atoms with Crippen LogP contribution >= 0.6 is 0 Å². The van der Waals surface area contributed by atoms with Gasteiger partial charge in [0.15, 0.2) is 0 Å². The predicted octanol–water partition coefficient (Wildman–Crippen LogP) is 0.757. The van der Waals surface area contributed by atoms with Crippen molar-refractivity contribution in [2.45, 2.75) is 31.8 Å². The van der Waals surface area contributed by atoms with Gasteiger partial charge < -0.3 is 10.4 Å². The van der Waals surface area contributed by atoms with Gasteiger partial charge in [0.2, 0.25) is 0 Å². The van der Waals surface area contributed by atoms with Gasteiger partial charge in [-0.3, -0.25) is 0 Å². The molecule has 2 nitrogen and oxygen atoms in total. The molecule has 11 heavy (non-hydrogen) atoms. The Labute approximate surface area is 68.0 Å². The van der Waals surface area contributed by atoms with E-state index in [2.05, 4.69) is 5.32 Å². The van der Waals surface area contributed by atoms with E-state index in [-0.39, 0.29) is 6.10 Å². The van der Waals surface area contributed by atoms with Gasteiger partial charge in [0.25, 0.3) is 0 Å². The van der Waals surface area contributed by atoms with Crippen molar-refractivity contribution < 1.29 is 5.11 Å². The van der Waals surface area contributed by atoms with Crippen molar-refractivity contribution in [1.82, 2.24) is 5.32 Å². The normalized spacial score (nSPS) is 39.0. The minimum Gasteiger partial charge on any atom is -0.393 e. The molecule has 1 aliphatic heterocycles. The van der Waals surface area contributed by atoms with Gasteiger partial charge >= 0.3 is 0 Å². The standard InChI is InChI=1S/C9H17NO/c11-9-3-4-10-6-8(9)5-7-1-2-7/h7-11H,1-6H2. The molecule has 2 unspecified atom stereocenters. The van der Waals surface area contributed by atoms with Crippen LogP contribution in [0.25, 0.3) is 0 Å². The summed E-state index contributed by atoms with van der Waals surface area (Å²) in [6.45, 7) is 2.04. The van der Waals surface area contributed by atoms with Crippen molar-refractivity contribution in [3.05, 3.63) is 0 Å². The van der Waals surface area contributed by atoms with Gasteiger partial charge in [-0.15, -0.1) is 0 Å². The molecule has 0 bridgehead atoms. The molecule has 1 saturated carbocycles. The maximum Gasteiger partial charge on any atom is 0.0592 e. The van der Waals surface area contributed by atoms with E-state index in [4.69, 9.17) is 0 Å². The van der Waals surface area contributed by atoms with Crippen LogP contribution < -0.4 is 5.32 Å². The summed E-state index contributed by atoms with van der Waals surface area (Å²) < 4.78 is 0. The first-order valence-electron chi connectivity index (χ1n) is 4.75. The molecule has 0 aromatic rings. The molecule has 2 N–H and O–H groups in total. The average Bonchev–Trinajstić information content (AvgIpc) is 2.78. The van der Waals surface area contributed by atoms with E-state index in [9.17, 15) is 5.11 Å². The van der Waals surface area contributed by atoms with Crippen molar-refractivity contribution in [2.75, 3.05) is 13.1 Å². The van der Waals surface area contributed by atoms with Crippen LogP contribution in [0.1, 0.15) is 25.7 Å². The fraction of sp³-hybridized carbons (Fsp3) is 1.00. The lowest BCUT2D eigenvalue weighted by molar-refractivity contribution is 0.0716. The van der Waals surface area contributed by atoms with Crippen molar-refractivity contribution >= 4 is 0 Å². The van der Waals surface area contributed by atoms with Crippen LogP contribution in [0.5, 0.6) is 0 Å². The topological polar surface area (TPSA) is 32.3 Å². The van der Waals surface area contributed by atoms with Gasteiger partial charge in [0.1, 0.15) is 0 Å². The van der Waals surface area contributed by atoms with Crippen molar-refractivity contribution in [3.63, 3.8) is 0 Å². The highest BCUT2D eigenvalue weighted by Crippen LogP contribution is 2.36. The smallest absolute Gasteiger partial charge is 0.0592 e. The third-order valence-corrected chi connectivity index (χ3v) is 2.90. The first kappa shape index (κ1) is 7.56. The van der Waals surface area contributed by atoms with Gasteiger partial charge in [0.05, 0.1) is 6.10 Å². The van der Waals surface area contributed by atoms with E-state index in [1.165, 1.54) is 19.3 Å². The summed E-state index contributed by atoms with van der Waals surface area (Å²) in [4.78, 5) is 0. The summed E-state index contributed by atoms with van der Waals surface area (Å²) in [5, 5.41) is 12.9. The van der Waals surface area contributed by atoms with E-state index in [0.29, 0.717) is 5.92 Å². The second kappa shape index (κ2) is 3.11. The minimum absolute atomic E-state index is 0.0168. The zero-order valence-corrected chi connectivity index (χ0v) is 6.92. The van der Waals surface area contributed by atoms with Gasteiger partial charge in [-0.05, 0) is 31.2 Å². The fourth-order valence-electron chi connectivity index (χ4n) is 1.93. The number of piperidine rings is 1. The van der Waals surface area contributed by atoms with E-state index in [1.54, 1.807) is 0 Å². The maximum absolute atomic E-state index is 9.61. The maximum atomic E-state index is 9.61. The lowest BCUT2D eigenvalue weighted by atomic mass is 9.91. The molecular formula is C9H17NO. The number of nitrogens with one attached hydrogen (secondary N) is 1. The van der Waals surface area contributed by atoms with Crippen LogP contribution in [0.2, 0.25) is 0 Å². The molecule has 0 aromatic carbocycles. The predicted molar refractivity (Wildman–Crippen MR) is 44.3 cm³/mol. The molecule has 0 amide bonds. The number of rotatable bonds is 2. The molecule has 2 fully saturated rings. The molecule has 1 aliphatic carbocycles. The Morgan fingerprint density at radius 1 is 1.27 bits per heavy atom. The van der Waals surface area contributed by atoms with E-state index >= 15 is 0 Å². The third kappa shape index (κ3) is 1.94. The van der Waals surface area contributed by atoms with Crippen molar-refractivity contribution in [3.8, 4) is 0 Å². The highest BCUT2D eigenvalue weighted by molar-refractivity contribution is 4.83. The third-order valence-electron chi connectivity index (χ3n) is 2.90. The summed E-state index contributed by atoms with van der Waals surface area (Å²) >= 11 is 0. The van der Waals surface area contributed by atoms with Crippen LogP contribution in [0.3, 0.4) is 0 Å². The lowest BCUT2D eigenvalue weighted by Crippen LogP contribution is -2.40. The molecule has 0 aromatic heterocycles. The average molecular weight is 155 g/mol. The Kier molecular flexibility index (Phi) is 2.14. The zero-order chi connectivity index (χ0) is 7.68. The number of aliphatic hydroxyl groups excluding tert-OH is 1. The molecule has 2 aliphatic rings. The molecule has 0 radical (unpaired) electrons. The van der Waals surface area contributed by atoms with Gasteiger partial charge in [-0.25, -0.2) is 0 Å². The number of hydrogen-bond acceptors (Lipinski definition) is 2. The van der Waals surface area contributed by atoms with Crippen LogP contribution in [0, 0.1) is 11.8 Å². The molecular weight excluding hydrogens is 138 g/mol. The van der Waals surface area contributed by atoms with Crippen LogP contribution in [-0.2, 0) is 0 Å². The second-order valence-electron chi connectivity index (χ2n) is 4.00. The molecule has 64 valence electrons. The quantitative estimate of drug-likeness (QED) is 0.617. The molecule has 2 rings (SSSR count). The molecule has 1 heterocycles. The molecule has 2 atom stereocenters. The Bertz CT molecular complexity index is 134. The summed E-state index contributed by atoms with van der Waals surface area (Å²) in [5.74, 6) is 1.51. The van der Waals surface area contributed by atoms with Gasteiger partial charge in [0, 0.05) is 6.54 Å². The van der Waals surface area contributed by atoms with Crippen LogP contribution in [0.4, 0.5) is 0 Å². The summed E-state index contributed by atoms with van der Waals surface area (Å²) in [6.07, 6.45) is 5.01. The molecule has 1 saturated heterocycles. The van der Waals surface area contributed by atoms with E-state index in [0.717, 1.165) is 25.4 Å². The summed E-state index contributed by atoms with van der Waals surface area (Å²) in [7, 11) is 0. The number of aliphatic hydroxyl groups is 1. The monoisotopic (exact) mass is 155 g/mol. The second-order valence-corrected chi connectivity index (χ2v) is 4.00. The summed E-state index contributed by atoms with van der Waals surface area (Å²) in [6, 6.07) is 0. The first-order chi connectivity index (χ1) is 5.36. The highest BCUT2D eigenvalue weighted by atomic mass is 16.3. The largest absolute Gasteiger partial charge is 0.393 e. The van der Waals surface area contributed by atoms with Gasteiger partial charge in [-0.2, -0.15) is 0 Å². The highest BCUT2D eigenvalue weighted by Gasteiger charge is 2.30. The zero-order valence-electron chi connectivity index (χ0n) is 6.92. The Hall–Kier alpha value is -0.0800. The Morgan fingerprint density at radius 3 is 2.73 bits per heavy atom. The van der Waals surface area contributed by atoms with Crippen LogP contribution in [-0.4, -0.2) is 24.3 Å². The minimum atomic E-state index is -0.0168. The van der Waals surface area contributed by atoms with Crippen LogP contribution in [0.15, 0.2) is 0 Å². The lowest BCUT2D eigenvalue weighted by Gasteiger charge is -2.28. The van der Waals surface area contributed by atoms with E-state index in [1.807, 2.05) is 0 Å². The first-order valence-corrected chi connectivity index (χ1v) is 4.75. The molecule has 2 heteroatoms. The van der Waals surface area contributed by atoms with E-state index < -0.39 is 0 Å². The number of hydrogen-bond donors (Lipinski definition) is 2. The van der Waals surface area contributed by atoms with Crippen molar-refractivity contribution in [1.29, 1.82) is 0 Å². The summed E-state index contributed by atoms with van der Waals surface area (Å²) in [5.41, 5.74) is 0. The Balaban J connectivity index is 1.78. The van der Waals surface area contributed by atoms with Crippen molar-refractivity contribution in [2.24, 2.45) is 11.8 Å². The molecule has 0 spiro atoms. The SMILES string of the molecule is OC1CCNCC1CC1CC1. The Morgan fingerprint density at radius 2 is 2.09 bits per heavy atom.